The third-order valence-electron chi connectivity index (χ3n) is 3.23. The molecular formula is C14H20F3NO. The number of ether oxygens (including phenoxy) is 1. The molecule has 2 nitrogen and oxygen atoms in total. The van der Waals surface area contributed by atoms with Crippen molar-refractivity contribution in [1.29, 1.82) is 0 Å². The number of hydrogen-bond donors (Lipinski definition) is 1. The van der Waals surface area contributed by atoms with Crippen LogP contribution in [0, 0.1) is 6.92 Å². The lowest BCUT2D eigenvalue weighted by Gasteiger charge is -2.24. The molecule has 1 aromatic carbocycles. The highest BCUT2D eigenvalue weighted by molar-refractivity contribution is 5.35. The number of halogens is 3. The van der Waals surface area contributed by atoms with Crippen LogP contribution in [0.4, 0.5) is 13.2 Å². The van der Waals surface area contributed by atoms with Crippen LogP contribution in [0.1, 0.15) is 42.5 Å². The molecule has 2 unspecified atom stereocenters. The Kier molecular flexibility index (Phi) is 5.38. The first-order chi connectivity index (χ1) is 8.81. The maximum Gasteiger partial charge on any atom is 0.416 e. The van der Waals surface area contributed by atoms with Gasteiger partial charge >= 0.3 is 6.18 Å². The molecule has 0 aromatic heterocycles. The maximum absolute atomic E-state index is 12.6. The van der Waals surface area contributed by atoms with Gasteiger partial charge in [0, 0.05) is 7.11 Å². The molecule has 0 radical (unpaired) electrons. The zero-order chi connectivity index (χ0) is 14.6. The van der Waals surface area contributed by atoms with E-state index >= 15 is 0 Å². The second kappa shape index (κ2) is 6.39. The summed E-state index contributed by atoms with van der Waals surface area (Å²) in [7, 11) is 1.57. The third kappa shape index (κ3) is 3.94. The molecule has 5 heteroatoms. The summed E-state index contributed by atoms with van der Waals surface area (Å²) in [4.78, 5) is 0. The molecule has 1 aromatic rings. The number of nitrogens with two attached hydrogens (primary N) is 1. The topological polar surface area (TPSA) is 35.2 Å². The van der Waals surface area contributed by atoms with Gasteiger partial charge in [-0.05, 0) is 36.6 Å². The van der Waals surface area contributed by atoms with Gasteiger partial charge in [-0.25, -0.2) is 0 Å². The highest BCUT2D eigenvalue weighted by Crippen LogP contribution is 2.32. The van der Waals surface area contributed by atoms with Gasteiger partial charge in [0.25, 0.3) is 0 Å². The van der Waals surface area contributed by atoms with E-state index in [4.69, 9.17) is 10.5 Å². The average molecular weight is 275 g/mol. The third-order valence-corrected chi connectivity index (χ3v) is 3.23. The number of benzene rings is 1. The number of aryl methyl sites for hydroxylation is 1. The Morgan fingerprint density at radius 1 is 1.32 bits per heavy atom. The molecule has 2 atom stereocenters. The van der Waals surface area contributed by atoms with E-state index < -0.39 is 17.8 Å². The molecule has 0 saturated carbocycles. The molecule has 0 bridgehead atoms. The van der Waals surface area contributed by atoms with Crippen LogP contribution in [-0.2, 0) is 10.9 Å². The van der Waals surface area contributed by atoms with Gasteiger partial charge in [0.15, 0.2) is 0 Å². The van der Waals surface area contributed by atoms with Crippen LogP contribution in [0.5, 0.6) is 0 Å². The normalized spacial score (nSPS) is 15.3. The largest absolute Gasteiger partial charge is 0.416 e. The van der Waals surface area contributed by atoms with Crippen LogP contribution < -0.4 is 5.73 Å². The van der Waals surface area contributed by atoms with Gasteiger partial charge in [-0.15, -0.1) is 0 Å². The Morgan fingerprint density at radius 2 is 1.95 bits per heavy atom. The van der Waals surface area contributed by atoms with Crippen LogP contribution in [0.25, 0.3) is 0 Å². The molecule has 0 amide bonds. The summed E-state index contributed by atoms with van der Waals surface area (Å²) in [6.45, 7) is 3.65. The van der Waals surface area contributed by atoms with Crippen molar-refractivity contribution in [3.63, 3.8) is 0 Å². The molecule has 0 aliphatic rings. The van der Waals surface area contributed by atoms with E-state index in [1.165, 1.54) is 6.07 Å². The van der Waals surface area contributed by atoms with Gasteiger partial charge in [0.2, 0.25) is 0 Å². The molecule has 0 heterocycles. The molecule has 19 heavy (non-hydrogen) atoms. The summed E-state index contributed by atoms with van der Waals surface area (Å²) >= 11 is 0. The Hall–Kier alpha value is -1.07. The van der Waals surface area contributed by atoms with Crippen molar-refractivity contribution in [2.75, 3.05) is 7.11 Å². The van der Waals surface area contributed by atoms with E-state index in [1.54, 1.807) is 14.0 Å². The molecule has 2 N–H and O–H groups in total. The monoisotopic (exact) mass is 275 g/mol. The van der Waals surface area contributed by atoms with Gasteiger partial charge < -0.3 is 10.5 Å². The van der Waals surface area contributed by atoms with Crippen molar-refractivity contribution in [2.45, 2.75) is 45.0 Å². The molecule has 1 rings (SSSR count). The van der Waals surface area contributed by atoms with Gasteiger partial charge in [0.05, 0.1) is 17.7 Å². The highest BCUT2D eigenvalue weighted by atomic mass is 19.4. The lowest BCUT2D eigenvalue weighted by atomic mass is 9.94. The molecule has 0 aliphatic heterocycles. The Bertz CT molecular complexity index is 418. The zero-order valence-corrected chi connectivity index (χ0v) is 11.4. The summed E-state index contributed by atoms with van der Waals surface area (Å²) in [5.41, 5.74) is 6.69. The predicted octanol–water partition coefficient (Wildman–Crippen LogP) is 3.83. The van der Waals surface area contributed by atoms with Crippen LogP contribution in [0.2, 0.25) is 0 Å². The summed E-state index contributed by atoms with van der Waals surface area (Å²) in [6.07, 6.45) is -2.82. The van der Waals surface area contributed by atoms with Crippen LogP contribution >= 0.6 is 0 Å². The van der Waals surface area contributed by atoms with E-state index in [1.807, 2.05) is 6.92 Å². The van der Waals surface area contributed by atoms with Crippen molar-refractivity contribution in [1.82, 2.24) is 0 Å². The smallest absolute Gasteiger partial charge is 0.379 e. The van der Waals surface area contributed by atoms with Crippen molar-refractivity contribution in [3.05, 3.63) is 34.9 Å². The maximum atomic E-state index is 12.6. The second-order valence-corrected chi connectivity index (χ2v) is 4.66. The zero-order valence-electron chi connectivity index (χ0n) is 11.4. The van der Waals surface area contributed by atoms with Crippen LogP contribution in [-0.4, -0.2) is 13.2 Å². The first-order valence-corrected chi connectivity index (χ1v) is 6.27. The first-order valence-electron chi connectivity index (χ1n) is 6.27. The van der Waals surface area contributed by atoms with Gasteiger partial charge in [0.1, 0.15) is 0 Å². The summed E-state index contributed by atoms with van der Waals surface area (Å²) in [6, 6.07) is 3.24. The van der Waals surface area contributed by atoms with E-state index in [0.29, 0.717) is 11.1 Å². The fourth-order valence-electron chi connectivity index (χ4n) is 2.15. The summed E-state index contributed by atoms with van der Waals surface area (Å²) in [5, 5.41) is 0. The lowest BCUT2D eigenvalue weighted by Crippen LogP contribution is -2.28. The molecular weight excluding hydrogens is 255 g/mol. The fourth-order valence-corrected chi connectivity index (χ4v) is 2.15. The molecule has 0 spiro atoms. The van der Waals surface area contributed by atoms with E-state index in [-0.39, 0.29) is 6.10 Å². The van der Waals surface area contributed by atoms with Crippen LogP contribution in [0.15, 0.2) is 18.2 Å². The first kappa shape index (κ1) is 16.0. The van der Waals surface area contributed by atoms with Crippen molar-refractivity contribution < 1.29 is 17.9 Å². The summed E-state index contributed by atoms with van der Waals surface area (Å²) in [5.74, 6) is 0. The van der Waals surface area contributed by atoms with Crippen molar-refractivity contribution in [3.8, 4) is 0 Å². The van der Waals surface area contributed by atoms with Crippen LogP contribution in [0.3, 0.4) is 0 Å². The Balaban J connectivity index is 3.02. The molecule has 0 fully saturated rings. The second-order valence-electron chi connectivity index (χ2n) is 4.66. The standard InChI is InChI=1S/C14H20F3NO/c1-4-5-12(19-3)13(18)11-7-6-10(8-9(11)2)14(15,16)17/h6-8,12-13H,4-5,18H2,1-3H3. The molecule has 0 aliphatic carbocycles. The minimum absolute atomic E-state index is 0.180. The quantitative estimate of drug-likeness (QED) is 0.886. The Labute approximate surface area is 111 Å². The number of methoxy groups -OCH3 is 1. The molecule has 0 saturated heterocycles. The number of hydrogen-bond acceptors (Lipinski definition) is 2. The van der Waals surface area contributed by atoms with Gasteiger partial charge in [-0.2, -0.15) is 13.2 Å². The predicted molar refractivity (Wildman–Crippen MR) is 68.8 cm³/mol. The van der Waals surface area contributed by atoms with Crippen molar-refractivity contribution in [2.24, 2.45) is 5.73 Å². The highest BCUT2D eigenvalue weighted by Gasteiger charge is 2.31. The lowest BCUT2D eigenvalue weighted by molar-refractivity contribution is -0.137. The molecule has 108 valence electrons. The fraction of sp³-hybridized carbons (Fsp3) is 0.571. The van der Waals surface area contributed by atoms with E-state index in [9.17, 15) is 13.2 Å². The van der Waals surface area contributed by atoms with E-state index in [0.717, 1.165) is 25.0 Å². The number of alkyl halides is 3. The van der Waals surface area contributed by atoms with Crippen molar-refractivity contribution >= 4 is 0 Å². The minimum atomic E-state index is -4.32. The van der Waals surface area contributed by atoms with Gasteiger partial charge in [-0.3, -0.25) is 0 Å². The average Bonchev–Trinajstić information content (AvgIpc) is 2.34. The minimum Gasteiger partial charge on any atom is -0.379 e. The van der Waals surface area contributed by atoms with Gasteiger partial charge in [-0.1, -0.05) is 19.4 Å². The summed E-state index contributed by atoms with van der Waals surface area (Å²) < 4.78 is 43.1. The Morgan fingerprint density at radius 3 is 2.37 bits per heavy atom. The van der Waals surface area contributed by atoms with E-state index in [2.05, 4.69) is 0 Å². The number of rotatable bonds is 5. The SMILES string of the molecule is CCCC(OC)C(N)c1ccc(C(F)(F)F)cc1C.